The van der Waals surface area contributed by atoms with Gasteiger partial charge in [0.25, 0.3) is 0 Å². The Morgan fingerprint density at radius 1 is 0.962 bits per heavy atom. The standard InChI is InChI=1S/C40H50N8O4/c1-3-36-48-32-11-9-25(30-22-43-39(46-30)33-7-5-15-47(33)40(49)37(44-23-50-2)24-12-16-51-17-13-24)18-27(32)19-34(48)28-10-8-26(20-35(28)52-36)31-21-42-38(45-31)29-6-4-14-41-29/h8-11,18-22,24,29,33,36-37,40-41,44,49H,3-7,12-17,23H2,1-2H3,(H,42,45)(H,43,46). The van der Waals surface area contributed by atoms with E-state index in [9.17, 15) is 5.11 Å². The van der Waals surface area contributed by atoms with Crippen LogP contribution in [0.3, 0.4) is 0 Å². The van der Waals surface area contributed by atoms with Crippen molar-refractivity contribution in [3.8, 4) is 39.5 Å². The molecule has 4 aliphatic heterocycles. The molecular weight excluding hydrogens is 656 g/mol. The smallest absolute Gasteiger partial charge is 0.176 e. The van der Waals surface area contributed by atoms with Crippen LogP contribution in [-0.4, -0.2) is 86.9 Å². The predicted octanol–water partition coefficient (Wildman–Crippen LogP) is 6.26. The molecular formula is C40H50N8O4. The molecule has 0 bridgehead atoms. The summed E-state index contributed by atoms with van der Waals surface area (Å²) in [7, 11) is 1.68. The van der Waals surface area contributed by atoms with Crippen molar-refractivity contribution in [2.24, 2.45) is 5.92 Å². The second-order valence-electron chi connectivity index (χ2n) is 14.8. The minimum atomic E-state index is -0.651. The van der Waals surface area contributed by atoms with Gasteiger partial charge >= 0.3 is 0 Å². The molecule has 274 valence electrons. The number of fused-ring (bicyclic) bond motifs is 5. The van der Waals surface area contributed by atoms with Gasteiger partial charge in [-0.1, -0.05) is 19.1 Å². The van der Waals surface area contributed by atoms with Crippen molar-refractivity contribution in [3.63, 3.8) is 0 Å². The average molecular weight is 707 g/mol. The van der Waals surface area contributed by atoms with E-state index in [0.717, 1.165) is 127 Å². The first-order valence-electron chi connectivity index (χ1n) is 19.1. The number of ether oxygens (including phenoxy) is 3. The Balaban J connectivity index is 0.975. The number of hydrogen-bond donors (Lipinski definition) is 5. The highest BCUT2D eigenvalue weighted by Crippen LogP contribution is 2.45. The molecule has 0 amide bonds. The van der Waals surface area contributed by atoms with Crippen molar-refractivity contribution in [2.75, 3.05) is 40.1 Å². The van der Waals surface area contributed by atoms with Gasteiger partial charge in [0.1, 0.15) is 23.6 Å². The maximum Gasteiger partial charge on any atom is 0.176 e. The Bertz CT molecular complexity index is 2010. The van der Waals surface area contributed by atoms with Crippen LogP contribution in [0, 0.1) is 5.92 Å². The van der Waals surface area contributed by atoms with Gasteiger partial charge in [0.05, 0.1) is 59.8 Å². The van der Waals surface area contributed by atoms with E-state index in [1.807, 2.05) is 12.4 Å². The Morgan fingerprint density at radius 3 is 2.54 bits per heavy atom. The molecule has 3 saturated heterocycles. The van der Waals surface area contributed by atoms with Gasteiger partial charge in [0.15, 0.2) is 6.23 Å². The average Bonchev–Trinajstić information content (AvgIpc) is 4.03. The molecule has 3 fully saturated rings. The molecule has 7 heterocycles. The van der Waals surface area contributed by atoms with Crippen molar-refractivity contribution in [2.45, 2.75) is 82.5 Å². The number of aliphatic hydroxyl groups is 1. The van der Waals surface area contributed by atoms with E-state index < -0.39 is 6.23 Å². The van der Waals surface area contributed by atoms with Gasteiger partial charge in [-0.2, -0.15) is 0 Å². The number of imidazole rings is 2. The Labute approximate surface area is 304 Å². The maximum absolute atomic E-state index is 11.8. The molecule has 5 atom stereocenters. The first-order valence-corrected chi connectivity index (χ1v) is 19.1. The van der Waals surface area contributed by atoms with Crippen molar-refractivity contribution >= 4 is 10.9 Å². The summed E-state index contributed by atoms with van der Waals surface area (Å²) in [5.74, 6) is 3.12. The third-order valence-electron chi connectivity index (χ3n) is 11.7. The molecule has 3 aromatic heterocycles. The summed E-state index contributed by atoms with van der Waals surface area (Å²) in [6.45, 7) is 5.90. The van der Waals surface area contributed by atoms with Crippen molar-refractivity contribution in [1.82, 2.24) is 40.0 Å². The van der Waals surface area contributed by atoms with Crippen molar-refractivity contribution < 1.29 is 19.3 Å². The number of H-pyrrole nitrogens is 2. The Kier molecular flexibility index (Phi) is 9.36. The van der Waals surface area contributed by atoms with Crippen LogP contribution in [0.2, 0.25) is 0 Å². The summed E-state index contributed by atoms with van der Waals surface area (Å²) < 4.78 is 20.0. The molecule has 52 heavy (non-hydrogen) atoms. The number of hydrogen-bond acceptors (Lipinski definition) is 9. The summed E-state index contributed by atoms with van der Waals surface area (Å²) in [5.41, 5.74) is 7.54. The van der Waals surface area contributed by atoms with Gasteiger partial charge in [-0.3, -0.25) is 10.2 Å². The Hall–Kier alpha value is -4.04. The first kappa shape index (κ1) is 33.8. The van der Waals surface area contributed by atoms with Crippen LogP contribution in [0.25, 0.3) is 44.7 Å². The molecule has 5 unspecified atom stereocenters. The van der Waals surface area contributed by atoms with E-state index in [4.69, 9.17) is 24.2 Å². The van der Waals surface area contributed by atoms with Gasteiger partial charge < -0.3 is 39.2 Å². The summed E-state index contributed by atoms with van der Waals surface area (Å²) >= 11 is 0. The van der Waals surface area contributed by atoms with Crippen LogP contribution >= 0.6 is 0 Å². The predicted molar refractivity (Wildman–Crippen MR) is 200 cm³/mol. The fraction of sp³-hybridized carbons (Fsp3) is 0.500. The Morgan fingerprint density at radius 2 is 1.75 bits per heavy atom. The lowest BCUT2D eigenvalue weighted by Crippen LogP contribution is -2.54. The zero-order chi connectivity index (χ0) is 35.2. The van der Waals surface area contributed by atoms with Gasteiger partial charge in [-0.05, 0) is 81.3 Å². The maximum atomic E-state index is 11.8. The highest BCUT2D eigenvalue weighted by molar-refractivity contribution is 5.92. The molecule has 5 N–H and O–H groups in total. The molecule has 5 aromatic rings. The van der Waals surface area contributed by atoms with E-state index in [1.165, 1.54) is 6.42 Å². The van der Waals surface area contributed by atoms with Crippen LogP contribution in [0.4, 0.5) is 0 Å². The lowest BCUT2D eigenvalue weighted by molar-refractivity contribution is -0.0701. The van der Waals surface area contributed by atoms with Crippen LogP contribution in [-0.2, 0) is 9.47 Å². The lowest BCUT2D eigenvalue weighted by atomic mass is 9.90. The number of aromatic nitrogens is 5. The number of rotatable bonds is 11. The van der Waals surface area contributed by atoms with E-state index >= 15 is 0 Å². The summed E-state index contributed by atoms with van der Waals surface area (Å²) in [6.07, 6.45) is 10.1. The number of benzene rings is 2. The molecule has 0 aliphatic carbocycles. The second-order valence-corrected chi connectivity index (χ2v) is 14.8. The second kappa shape index (κ2) is 14.4. The molecule has 0 spiro atoms. The SMILES string of the molecule is CCC1Oc2cc(-c3cnc(C4CCCN4)[nH]3)ccc2-c2cc3cc(-c4cnc(C5CCCN5C(O)C(NCOC)C5CCOCC5)[nH]4)ccc3n21. The third kappa shape index (κ3) is 6.14. The van der Waals surface area contributed by atoms with Crippen molar-refractivity contribution in [3.05, 3.63) is 66.5 Å². The normalized spacial score (nSPS) is 23.5. The first-order chi connectivity index (χ1) is 25.6. The number of nitrogens with one attached hydrogen (secondary N) is 4. The molecule has 12 nitrogen and oxygen atoms in total. The monoisotopic (exact) mass is 706 g/mol. The number of aliphatic hydroxyl groups excluding tert-OH is 1. The van der Waals surface area contributed by atoms with Gasteiger partial charge in [0, 0.05) is 55.4 Å². The number of likely N-dealkylation sites (tertiary alicyclic amines) is 1. The molecule has 0 saturated carbocycles. The zero-order valence-corrected chi connectivity index (χ0v) is 30.1. The lowest BCUT2D eigenvalue weighted by Gasteiger charge is -2.39. The van der Waals surface area contributed by atoms with E-state index in [2.05, 4.69) is 79.5 Å². The van der Waals surface area contributed by atoms with Crippen LogP contribution in [0.5, 0.6) is 5.75 Å². The highest BCUT2D eigenvalue weighted by atomic mass is 16.5. The van der Waals surface area contributed by atoms with Crippen LogP contribution in [0.15, 0.2) is 54.9 Å². The highest BCUT2D eigenvalue weighted by Gasteiger charge is 2.39. The molecule has 2 aromatic carbocycles. The van der Waals surface area contributed by atoms with E-state index in [-0.39, 0.29) is 18.3 Å². The minimum absolute atomic E-state index is 0.0116. The topological polar surface area (TPSA) is 138 Å². The van der Waals surface area contributed by atoms with Gasteiger partial charge in [-0.15, -0.1) is 0 Å². The summed E-state index contributed by atoms with van der Waals surface area (Å²) in [5, 5.41) is 19.9. The zero-order valence-electron chi connectivity index (χ0n) is 30.1. The third-order valence-corrected chi connectivity index (χ3v) is 11.7. The van der Waals surface area contributed by atoms with Crippen molar-refractivity contribution in [1.29, 1.82) is 0 Å². The largest absolute Gasteiger partial charge is 0.469 e. The van der Waals surface area contributed by atoms with Gasteiger partial charge in [-0.25, -0.2) is 9.97 Å². The molecule has 0 radical (unpaired) electrons. The van der Waals surface area contributed by atoms with Gasteiger partial charge in [0.2, 0.25) is 0 Å². The van der Waals surface area contributed by atoms with E-state index in [0.29, 0.717) is 18.7 Å². The number of methoxy groups -OCH3 is 1. The summed E-state index contributed by atoms with van der Waals surface area (Å²) in [4.78, 5) is 19.0. The fourth-order valence-electron chi connectivity index (χ4n) is 8.99. The van der Waals surface area contributed by atoms with E-state index in [1.54, 1.807) is 7.11 Å². The van der Waals surface area contributed by atoms with Crippen LogP contribution < -0.4 is 15.4 Å². The van der Waals surface area contributed by atoms with Crippen LogP contribution in [0.1, 0.15) is 81.8 Å². The number of nitrogens with zero attached hydrogens (tertiary/aromatic N) is 4. The minimum Gasteiger partial charge on any atom is -0.469 e. The fourth-order valence-corrected chi connectivity index (χ4v) is 8.99. The quantitative estimate of drug-likeness (QED) is 0.101. The molecule has 9 rings (SSSR count). The summed E-state index contributed by atoms with van der Waals surface area (Å²) in [6, 6.07) is 15.6. The number of aromatic amines is 2. The molecule has 4 aliphatic rings. The molecule has 12 heteroatoms.